The number of aldehydes is 1. The summed E-state index contributed by atoms with van der Waals surface area (Å²) in [7, 11) is 0. The number of hydrogen-bond donors (Lipinski definition) is 1. The second-order valence-electron chi connectivity index (χ2n) is 4.82. The molecule has 0 radical (unpaired) electrons. The predicted molar refractivity (Wildman–Crippen MR) is 72.2 cm³/mol. The molecule has 0 unspecified atom stereocenters. The summed E-state index contributed by atoms with van der Waals surface area (Å²) in [6.45, 7) is 1.57. The van der Waals surface area contributed by atoms with Crippen molar-refractivity contribution in [2.45, 2.75) is 38.1 Å². The third-order valence-electron chi connectivity index (χ3n) is 3.43. The fourth-order valence-corrected chi connectivity index (χ4v) is 2.38. The highest BCUT2D eigenvalue weighted by Crippen LogP contribution is 2.17. The van der Waals surface area contributed by atoms with Gasteiger partial charge in [0, 0.05) is 18.2 Å². The summed E-state index contributed by atoms with van der Waals surface area (Å²) >= 11 is 0. The van der Waals surface area contributed by atoms with E-state index in [1.54, 1.807) is 12.1 Å². The minimum absolute atomic E-state index is 0.678. The van der Waals surface area contributed by atoms with E-state index in [4.69, 9.17) is 4.74 Å². The van der Waals surface area contributed by atoms with Crippen molar-refractivity contribution >= 4 is 6.29 Å². The third kappa shape index (κ3) is 4.15. The molecule has 98 valence electrons. The fraction of sp³-hybridized carbons (Fsp3) is 0.533. The average Bonchev–Trinajstić information content (AvgIpc) is 2.45. The van der Waals surface area contributed by atoms with E-state index in [2.05, 4.69) is 5.32 Å². The highest BCUT2D eigenvalue weighted by Gasteiger charge is 2.11. The summed E-state index contributed by atoms with van der Waals surface area (Å²) in [5, 5.41) is 3.53. The van der Waals surface area contributed by atoms with E-state index < -0.39 is 0 Å². The number of nitrogens with one attached hydrogen (secondary N) is 1. The molecule has 1 aromatic rings. The molecular formula is C15H21NO2. The normalized spacial score (nSPS) is 16.4. The molecule has 0 spiro atoms. The van der Waals surface area contributed by atoms with E-state index in [1.807, 2.05) is 12.1 Å². The zero-order valence-electron chi connectivity index (χ0n) is 10.7. The fourth-order valence-electron chi connectivity index (χ4n) is 2.38. The Balaban J connectivity index is 1.63. The number of hydrogen-bond acceptors (Lipinski definition) is 3. The van der Waals surface area contributed by atoms with Crippen LogP contribution in [0.25, 0.3) is 0 Å². The molecule has 0 heterocycles. The van der Waals surface area contributed by atoms with Crippen molar-refractivity contribution in [2.75, 3.05) is 13.2 Å². The molecule has 0 aromatic heterocycles. The molecule has 1 fully saturated rings. The van der Waals surface area contributed by atoms with Crippen LogP contribution in [-0.2, 0) is 0 Å². The van der Waals surface area contributed by atoms with Crippen LogP contribution in [0.3, 0.4) is 0 Å². The predicted octanol–water partition coefficient (Wildman–Crippen LogP) is 2.80. The maximum Gasteiger partial charge on any atom is 0.150 e. The molecule has 18 heavy (non-hydrogen) atoms. The number of rotatable bonds is 6. The zero-order valence-corrected chi connectivity index (χ0v) is 10.7. The Kier molecular flexibility index (Phi) is 5.21. The second kappa shape index (κ2) is 7.17. The molecule has 0 saturated heterocycles. The Morgan fingerprint density at radius 1 is 1.17 bits per heavy atom. The minimum atomic E-state index is 0.678. The molecule has 2 rings (SSSR count). The molecule has 1 saturated carbocycles. The van der Waals surface area contributed by atoms with Gasteiger partial charge in [-0.15, -0.1) is 0 Å². The van der Waals surface area contributed by atoms with Gasteiger partial charge in [0.05, 0.1) is 0 Å². The number of benzene rings is 1. The standard InChI is InChI=1S/C15H21NO2/c17-12-13-6-8-15(9-7-13)18-11-10-16-14-4-2-1-3-5-14/h6-9,12,14,16H,1-5,10-11H2. The van der Waals surface area contributed by atoms with Gasteiger partial charge < -0.3 is 10.1 Å². The van der Waals surface area contributed by atoms with Gasteiger partial charge in [0.25, 0.3) is 0 Å². The summed E-state index contributed by atoms with van der Waals surface area (Å²) in [5.74, 6) is 0.825. The van der Waals surface area contributed by atoms with E-state index in [-0.39, 0.29) is 0 Å². The molecule has 0 amide bonds. The van der Waals surface area contributed by atoms with Gasteiger partial charge in [-0.05, 0) is 37.1 Å². The third-order valence-corrected chi connectivity index (χ3v) is 3.43. The zero-order chi connectivity index (χ0) is 12.6. The number of carbonyl (C=O) groups is 1. The maximum absolute atomic E-state index is 10.5. The van der Waals surface area contributed by atoms with Gasteiger partial charge in [-0.1, -0.05) is 19.3 Å². The van der Waals surface area contributed by atoms with Crippen molar-refractivity contribution in [1.29, 1.82) is 0 Å². The highest BCUT2D eigenvalue weighted by molar-refractivity contribution is 5.74. The SMILES string of the molecule is O=Cc1ccc(OCCNC2CCCCC2)cc1. The van der Waals surface area contributed by atoms with Crippen molar-refractivity contribution in [2.24, 2.45) is 0 Å². The first-order valence-electron chi connectivity index (χ1n) is 6.80. The molecule has 0 bridgehead atoms. The first-order valence-corrected chi connectivity index (χ1v) is 6.80. The Hall–Kier alpha value is -1.35. The lowest BCUT2D eigenvalue weighted by Gasteiger charge is -2.22. The van der Waals surface area contributed by atoms with Crippen LogP contribution in [0.2, 0.25) is 0 Å². The lowest BCUT2D eigenvalue weighted by molar-refractivity contribution is 0.112. The minimum Gasteiger partial charge on any atom is -0.492 e. The van der Waals surface area contributed by atoms with Crippen LogP contribution in [0, 0.1) is 0 Å². The van der Waals surface area contributed by atoms with E-state index >= 15 is 0 Å². The summed E-state index contributed by atoms with van der Waals surface area (Å²) in [5.41, 5.74) is 0.683. The molecule has 0 atom stereocenters. The lowest BCUT2D eigenvalue weighted by Crippen LogP contribution is -2.34. The monoisotopic (exact) mass is 247 g/mol. The molecule has 1 aromatic carbocycles. The largest absolute Gasteiger partial charge is 0.492 e. The van der Waals surface area contributed by atoms with E-state index in [0.29, 0.717) is 18.2 Å². The number of ether oxygens (including phenoxy) is 1. The van der Waals surface area contributed by atoms with Gasteiger partial charge in [0.15, 0.2) is 0 Å². The Morgan fingerprint density at radius 3 is 2.56 bits per heavy atom. The van der Waals surface area contributed by atoms with Crippen LogP contribution >= 0.6 is 0 Å². The lowest BCUT2D eigenvalue weighted by atomic mass is 9.96. The van der Waals surface area contributed by atoms with E-state index in [1.165, 1.54) is 32.1 Å². The van der Waals surface area contributed by atoms with Crippen LogP contribution in [0.4, 0.5) is 0 Å². The van der Waals surface area contributed by atoms with Crippen molar-refractivity contribution in [3.05, 3.63) is 29.8 Å². The van der Waals surface area contributed by atoms with Crippen LogP contribution in [0.1, 0.15) is 42.5 Å². The molecule has 1 aliphatic rings. The number of carbonyl (C=O) groups excluding carboxylic acids is 1. The molecular weight excluding hydrogens is 226 g/mol. The van der Waals surface area contributed by atoms with Gasteiger partial charge in [0.1, 0.15) is 18.6 Å². The molecule has 3 heteroatoms. The first-order chi connectivity index (χ1) is 8.88. The van der Waals surface area contributed by atoms with Crippen molar-refractivity contribution in [3.63, 3.8) is 0 Å². The smallest absolute Gasteiger partial charge is 0.150 e. The quantitative estimate of drug-likeness (QED) is 0.620. The van der Waals surface area contributed by atoms with Gasteiger partial charge in [-0.3, -0.25) is 4.79 Å². The molecule has 1 aliphatic carbocycles. The second-order valence-corrected chi connectivity index (χ2v) is 4.82. The Bertz CT molecular complexity index is 355. The molecule has 3 nitrogen and oxygen atoms in total. The van der Waals surface area contributed by atoms with Crippen LogP contribution in [0.5, 0.6) is 5.75 Å². The van der Waals surface area contributed by atoms with E-state index in [0.717, 1.165) is 18.6 Å². The van der Waals surface area contributed by atoms with E-state index in [9.17, 15) is 4.79 Å². The summed E-state index contributed by atoms with van der Waals surface area (Å²) in [4.78, 5) is 10.5. The topological polar surface area (TPSA) is 38.3 Å². The first kappa shape index (κ1) is 13.1. The van der Waals surface area contributed by atoms with Crippen molar-refractivity contribution in [1.82, 2.24) is 5.32 Å². The van der Waals surface area contributed by atoms with Crippen LogP contribution in [-0.4, -0.2) is 25.5 Å². The molecule has 0 aliphatic heterocycles. The summed E-state index contributed by atoms with van der Waals surface area (Å²) in [6.07, 6.45) is 7.53. The average molecular weight is 247 g/mol. The summed E-state index contributed by atoms with van der Waals surface area (Å²) < 4.78 is 5.62. The van der Waals surface area contributed by atoms with Gasteiger partial charge in [-0.2, -0.15) is 0 Å². The van der Waals surface area contributed by atoms with Crippen molar-refractivity contribution in [3.8, 4) is 5.75 Å². The Morgan fingerprint density at radius 2 is 1.89 bits per heavy atom. The highest BCUT2D eigenvalue weighted by atomic mass is 16.5. The maximum atomic E-state index is 10.5. The van der Waals surface area contributed by atoms with Crippen LogP contribution in [0.15, 0.2) is 24.3 Å². The van der Waals surface area contributed by atoms with Gasteiger partial charge in [-0.25, -0.2) is 0 Å². The van der Waals surface area contributed by atoms with Crippen LogP contribution < -0.4 is 10.1 Å². The van der Waals surface area contributed by atoms with Crippen molar-refractivity contribution < 1.29 is 9.53 Å². The Labute approximate surface area is 109 Å². The molecule has 1 N–H and O–H groups in total. The summed E-state index contributed by atoms with van der Waals surface area (Å²) in [6, 6.07) is 7.91. The van der Waals surface area contributed by atoms with Gasteiger partial charge in [0.2, 0.25) is 0 Å². The van der Waals surface area contributed by atoms with Gasteiger partial charge >= 0.3 is 0 Å².